The summed E-state index contributed by atoms with van der Waals surface area (Å²) in [7, 11) is 0. The first-order valence-electron chi connectivity index (χ1n) is 10.7. The lowest BCUT2D eigenvalue weighted by atomic mass is 9.80. The Balaban J connectivity index is 1.27. The summed E-state index contributed by atoms with van der Waals surface area (Å²) in [4.78, 5) is 31.8. The number of carbonyl (C=O) groups is 2. The van der Waals surface area contributed by atoms with Crippen molar-refractivity contribution in [1.29, 1.82) is 0 Å². The molecule has 1 saturated carbocycles. The second-order valence-corrected chi connectivity index (χ2v) is 8.67. The normalized spacial score (nSPS) is 27.1. The number of amides is 2. The number of nitrogens with one attached hydrogen (secondary N) is 1. The summed E-state index contributed by atoms with van der Waals surface area (Å²) in [6.07, 6.45) is 11.6. The Kier molecular flexibility index (Phi) is 5.95. The van der Waals surface area contributed by atoms with Crippen molar-refractivity contribution < 1.29 is 14.3 Å². The van der Waals surface area contributed by atoms with Crippen LogP contribution in [0.25, 0.3) is 0 Å². The van der Waals surface area contributed by atoms with Gasteiger partial charge < -0.3 is 15.0 Å². The third kappa shape index (κ3) is 4.07. The summed E-state index contributed by atoms with van der Waals surface area (Å²) in [6.45, 7) is 2.20. The van der Waals surface area contributed by atoms with Crippen LogP contribution < -0.4 is 5.32 Å². The van der Waals surface area contributed by atoms with E-state index in [0.29, 0.717) is 38.8 Å². The molecule has 28 heavy (non-hydrogen) atoms. The molecule has 1 aliphatic carbocycles. The molecule has 0 spiro atoms. The van der Waals surface area contributed by atoms with E-state index < -0.39 is 5.41 Å². The Labute approximate surface area is 167 Å². The molecule has 3 heterocycles. The first-order valence-corrected chi connectivity index (χ1v) is 10.7. The van der Waals surface area contributed by atoms with Gasteiger partial charge >= 0.3 is 0 Å². The van der Waals surface area contributed by atoms with Crippen LogP contribution in [-0.2, 0) is 20.7 Å². The molecule has 2 aliphatic heterocycles. The SMILES string of the molecule is O=C(CCCCc1cccnc1)N1C[C@@H]2COC[C@]2(C(=O)NC2CCCC2)C1. The van der Waals surface area contributed by atoms with Gasteiger partial charge in [0.2, 0.25) is 11.8 Å². The molecular formula is C22H31N3O3. The second-order valence-electron chi connectivity index (χ2n) is 8.67. The van der Waals surface area contributed by atoms with Gasteiger partial charge in [-0.3, -0.25) is 14.6 Å². The summed E-state index contributed by atoms with van der Waals surface area (Å²) in [5.74, 6) is 0.413. The van der Waals surface area contributed by atoms with Crippen molar-refractivity contribution in [1.82, 2.24) is 15.2 Å². The zero-order chi connectivity index (χ0) is 19.4. The van der Waals surface area contributed by atoms with Crippen LogP contribution >= 0.6 is 0 Å². The first kappa shape index (κ1) is 19.4. The summed E-state index contributed by atoms with van der Waals surface area (Å²) < 4.78 is 5.67. The lowest BCUT2D eigenvalue weighted by molar-refractivity contribution is -0.134. The van der Waals surface area contributed by atoms with Gasteiger partial charge in [0, 0.05) is 43.9 Å². The summed E-state index contributed by atoms with van der Waals surface area (Å²) in [6, 6.07) is 4.32. The van der Waals surface area contributed by atoms with Gasteiger partial charge in [-0.15, -0.1) is 0 Å². The van der Waals surface area contributed by atoms with Gasteiger partial charge in [0.1, 0.15) is 0 Å². The molecule has 6 heteroatoms. The molecule has 152 valence electrons. The zero-order valence-corrected chi connectivity index (χ0v) is 16.6. The van der Waals surface area contributed by atoms with E-state index in [9.17, 15) is 9.59 Å². The number of carbonyl (C=O) groups excluding carboxylic acids is 2. The van der Waals surface area contributed by atoms with Crippen molar-refractivity contribution in [2.45, 2.75) is 57.4 Å². The smallest absolute Gasteiger partial charge is 0.231 e. The molecule has 0 unspecified atom stereocenters. The van der Waals surface area contributed by atoms with Crippen LogP contribution in [0.1, 0.15) is 50.5 Å². The maximum absolute atomic E-state index is 13.1. The van der Waals surface area contributed by atoms with Gasteiger partial charge in [-0.2, -0.15) is 0 Å². The zero-order valence-electron chi connectivity index (χ0n) is 16.6. The molecule has 6 nitrogen and oxygen atoms in total. The Morgan fingerprint density at radius 2 is 2.14 bits per heavy atom. The molecule has 3 aliphatic rings. The highest BCUT2D eigenvalue weighted by Gasteiger charge is 2.56. The van der Waals surface area contributed by atoms with Crippen molar-refractivity contribution in [3.63, 3.8) is 0 Å². The summed E-state index contributed by atoms with van der Waals surface area (Å²) in [5.41, 5.74) is 0.680. The molecule has 0 radical (unpaired) electrons. The number of likely N-dealkylation sites (tertiary alicyclic amines) is 1. The molecule has 1 N–H and O–H groups in total. The summed E-state index contributed by atoms with van der Waals surface area (Å²) in [5, 5.41) is 3.25. The van der Waals surface area contributed by atoms with Crippen LogP contribution in [0.15, 0.2) is 24.5 Å². The number of ether oxygens (including phenoxy) is 1. The number of aryl methyl sites for hydroxylation is 1. The van der Waals surface area contributed by atoms with Crippen molar-refractivity contribution in [2.24, 2.45) is 11.3 Å². The standard InChI is InChI=1S/C22H31N3O3/c26-20(10-4-1-6-17-7-5-11-23-12-17)25-13-18-14-28-16-22(18,15-25)21(27)24-19-8-2-3-9-19/h5,7,11-12,18-19H,1-4,6,8-10,13-16H2,(H,24,27)/t18-,22-/m1/s1. The number of unbranched alkanes of at least 4 members (excludes halogenated alkanes) is 1. The minimum Gasteiger partial charge on any atom is -0.380 e. The minimum atomic E-state index is -0.534. The quantitative estimate of drug-likeness (QED) is 0.731. The van der Waals surface area contributed by atoms with Gasteiger partial charge in [0.25, 0.3) is 0 Å². The van der Waals surface area contributed by atoms with Gasteiger partial charge in [-0.05, 0) is 43.7 Å². The van der Waals surface area contributed by atoms with E-state index in [4.69, 9.17) is 4.74 Å². The number of hydrogen-bond donors (Lipinski definition) is 1. The van der Waals surface area contributed by atoms with E-state index in [1.54, 1.807) is 6.20 Å². The second kappa shape index (κ2) is 8.60. The van der Waals surface area contributed by atoms with Crippen LogP contribution in [0.4, 0.5) is 0 Å². The van der Waals surface area contributed by atoms with Crippen molar-refractivity contribution in [3.8, 4) is 0 Å². The Morgan fingerprint density at radius 1 is 1.29 bits per heavy atom. The lowest BCUT2D eigenvalue weighted by Gasteiger charge is -2.27. The van der Waals surface area contributed by atoms with Crippen LogP contribution in [-0.4, -0.2) is 54.0 Å². The summed E-state index contributed by atoms with van der Waals surface area (Å²) >= 11 is 0. The van der Waals surface area contributed by atoms with Crippen LogP contribution in [0.3, 0.4) is 0 Å². The van der Waals surface area contributed by atoms with E-state index in [-0.39, 0.29) is 17.7 Å². The fourth-order valence-electron chi connectivity index (χ4n) is 4.96. The van der Waals surface area contributed by atoms with Gasteiger partial charge in [0.05, 0.1) is 18.6 Å². The Morgan fingerprint density at radius 3 is 2.93 bits per heavy atom. The molecule has 2 amide bonds. The van der Waals surface area contributed by atoms with E-state index in [1.165, 1.54) is 18.4 Å². The van der Waals surface area contributed by atoms with E-state index in [2.05, 4.69) is 16.4 Å². The highest BCUT2D eigenvalue weighted by molar-refractivity contribution is 5.86. The average molecular weight is 386 g/mol. The molecule has 2 atom stereocenters. The fraction of sp³-hybridized carbons (Fsp3) is 0.682. The largest absolute Gasteiger partial charge is 0.380 e. The Bertz CT molecular complexity index is 690. The molecule has 0 aromatic carbocycles. The van der Waals surface area contributed by atoms with Gasteiger partial charge in [0.15, 0.2) is 0 Å². The Hall–Kier alpha value is -1.95. The topological polar surface area (TPSA) is 71.5 Å². The fourth-order valence-corrected chi connectivity index (χ4v) is 4.96. The van der Waals surface area contributed by atoms with Gasteiger partial charge in [-0.25, -0.2) is 0 Å². The number of aromatic nitrogens is 1. The molecule has 1 aromatic heterocycles. The maximum Gasteiger partial charge on any atom is 0.231 e. The maximum atomic E-state index is 13.1. The molecule has 1 aromatic rings. The predicted molar refractivity (Wildman–Crippen MR) is 106 cm³/mol. The minimum absolute atomic E-state index is 0.105. The molecule has 0 bridgehead atoms. The van der Waals surface area contributed by atoms with Crippen LogP contribution in [0, 0.1) is 11.3 Å². The molecule has 3 fully saturated rings. The number of pyridine rings is 1. The van der Waals surface area contributed by atoms with E-state index in [0.717, 1.165) is 32.1 Å². The highest BCUT2D eigenvalue weighted by atomic mass is 16.5. The van der Waals surface area contributed by atoms with Crippen molar-refractivity contribution in [3.05, 3.63) is 30.1 Å². The highest BCUT2D eigenvalue weighted by Crippen LogP contribution is 2.42. The predicted octanol–water partition coefficient (Wildman–Crippen LogP) is 2.33. The number of nitrogens with zero attached hydrogens (tertiary/aromatic N) is 2. The third-order valence-corrected chi connectivity index (χ3v) is 6.70. The average Bonchev–Trinajstić information content (AvgIpc) is 3.42. The molecular weight excluding hydrogens is 354 g/mol. The number of fused-ring (bicyclic) bond motifs is 1. The first-order chi connectivity index (χ1) is 13.7. The molecule has 4 rings (SSSR count). The van der Waals surface area contributed by atoms with Crippen molar-refractivity contribution in [2.75, 3.05) is 26.3 Å². The van der Waals surface area contributed by atoms with E-state index in [1.807, 2.05) is 17.2 Å². The van der Waals surface area contributed by atoms with Crippen molar-refractivity contribution >= 4 is 11.8 Å². The van der Waals surface area contributed by atoms with Crippen LogP contribution in [0.2, 0.25) is 0 Å². The van der Waals surface area contributed by atoms with Crippen LogP contribution in [0.5, 0.6) is 0 Å². The lowest BCUT2D eigenvalue weighted by Crippen LogP contribution is -2.49. The third-order valence-electron chi connectivity index (χ3n) is 6.70. The van der Waals surface area contributed by atoms with Gasteiger partial charge in [-0.1, -0.05) is 18.9 Å². The number of hydrogen-bond acceptors (Lipinski definition) is 4. The number of rotatable bonds is 7. The molecule has 2 saturated heterocycles. The monoisotopic (exact) mass is 385 g/mol. The van der Waals surface area contributed by atoms with E-state index >= 15 is 0 Å².